The molecule has 0 aliphatic carbocycles. The Hall–Kier alpha value is -2.63. The molecule has 0 bridgehead atoms. The maximum absolute atomic E-state index is 8.80. The lowest BCUT2D eigenvalue weighted by molar-refractivity contribution is 1.02. The molecule has 0 fully saturated rings. The first-order valence-corrected chi connectivity index (χ1v) is 8.67. The number of rotatable bonds is 5. The van der Waals surface area contributed by atoms with Gasteiger partial charge in [-0.2, -0.15) is 5.26 Å². The van der Waals surface area contributed by atoms with Gasteiger partial charge in [0.15, 0.2) is 0 Å². The van der Waals surface area contributed by atoms with Crippen molar-refractivity contribution < 1.29 is 0 Å². The normalized spacial score (nSPS) is 14.5. The lowest BCUT2D eigenvalue weighted by atomic mass is 9.99. The summed E-state index contributed by atoms with van der Waals surface area (Å²) in [7, 11) is 0. The lowest BCUT2D eigenvalue weighted by Gasteiger charge is -2.06. The van der Waals surface area contributed by atoms with Gasteiger partial charge in [0, 0.05) is 0 Å². The Balaban J connectivity index is 2.27. The highest BCUT2D eigenvalue weighted by Crippen LogP contribution is 2.23. The van der Waals surface area contributed by atoms with E-state index in [4.69, 9.17) is 11.0 Å². The minimum absolute atomic E-state index is 0.554. The zero-order chi connectivity index (χ0) is 18.4. The van der Waals surface area contributed by atoms with Crippen LogP contribution in [0.2, 0.25) is 0 Å². The molecule has 0 aliphatic heterocycles. The fourth-order valence-corrected chi connectivity index (χ4v) is 2.68. The van der Waals surface area contributed by atoms with Crippen LogP contribution in [0.5, 0.6) is 0 Å². The van der Waals surface area contributed by atoms with E-state index >= 15 is 0 Å². The number of nitrogens with zero attached hydrogens (tertiary/aromatic N) is 1. The van der Waals surface area contributed by atoms with Crippen molar-refractivity contribution in [1.82, 2.24) is 0 Å². The quantitative estimate of drug-likeness (QED) is 0.731. The summed E-state index contributed by atoms with van der Waals surface area (Å²) in [5, 5.41) is 11.3. The zero-order valence-corrected chi connectivity index (χ0v) is 15.5. The maximum Gasteiger partial charge on any atom is 0.112 e. The highest BCUT2D eigenvalue weighted by atomic mass is 14.6. The number of hydrogen-bond acceptors (Lipinski definition) is 2. The first-order chi connectivity index (χ1) is 11.9. The molecule has 0 saturated heterocycles. The lowest BCUT2D eigenvalue weighted by Crippen LogP contribution is -2.14. The van der Waals surface area contributed by atoms with Crippen LogP contribution in [-0.2, 0) is 6.42 Å². The number of nitriles is 1. The van der Waals surface area contributed by atoms with Crippen molar-refractivity contribution in [3.8, 4) is 6.07 Å². The molecule has 2 aromatic rings. The molecule has 2 N–H and O–H groups in total. The second kappa shape index (κ2) is 8.46. The van der Waals surface area contributed by atoms with Crippen molar-refractivity contribution >= 4 is 16.3 Å². The summed E-state index contributed by atoms with van der Waals surface area (Å²) < 4.78 is 0. The summed E-state index contributed by atoms with van der Waals surface area (Å²) >= 11 is 0. The molecule has 0 aromatic heterocycles. The van der Waals surface area contributed by atoms with E-state index in [1.54, 1.807) is 6.08 Å². The molecule has 0 amide bonds. The molecule has 0 saturated carbocycles. The Labute approximate surface area is 151 Å². The third-order valence-electron chi connectivity index (χ3n) is 4.55. The topological polar surface area (TPSA) is 49.8 Å². The molecule has 128 valence electrons. The van der Waals surface area contributed by atoms with Crippen molar-refractivity contribution in [2.24, 2.45) is 5.73 Å². The van der Waals surface area contributed by atoms with Crippen LogP contribution in [0.25, 0.3) is 16.3 Å². The van der Waals surface area contributed by atoms with Crippen molar-refractivity contribution in [3.63, 3.8) is 0 Å². The molecule has 1 unspecified atom stereocenters. The van der Waals surface area contributed by atoms with Gasteiger partial charge in [-0.15, -0.1) is 0 Å². The van der Waals surface area contributed by atoms with E-state index in [9.17, 15) is 0 Å². The molecule has 0 radical (unpaired) electrons. The monoisotopic (exact) mass is 330 g/mol. The molecule has 0 heterocycles. The van der Waals surface area contributed by atoms with E-state index in [1.807, 2.05) is 19.9 Å². The van der Waals surface area contributed by atoms with Gasteiger partial charge in [-0.3, -0.25) is 0 Å². The van der Waals surface area contributed by atoms with Gasteiger partial charge in [0.2, 0.25) is 0 Å². The highest BCUT2D eigenvalue weighted by molar-refractivity contribution is 5.86. The molecule has 2 rings (SSSR count). The van der Waals surface area contributed by atoms with Gasteiger partial charge in [0.25, 0.3) is 0 Å². The summed E-state index contributed by atoms with van der Waals surface area (Å²) in [6.45, 7) is 8.31. The van der Waals surface area contributed by atoms with Gasteiger partial charge in [-0.25, -0.2) is 0 Å². The molecular weight excluding hydrogens is 304 g/mol. The van der Waals surface area contributed by atoms with E-state index in [0.717, 1.165) is 17.6 Å². The van der Waals surface area contributed by atoms with E-state index in [2.05, 4.69) is 62.4 Å². The number of hydrogen-bond donors (Lipinski definition) is 1. The highest BCUT2D eigenvalue weighted by Gasteiger charge is 2.01. The Morgan fingerprint density at radius 2 is 1.72 bits per heavy atom. The fourth-order valence-electron chi connectivity index (χ4n) is 2.68. The summed E-state index contributed by atoms with van der Waals surface area (Å²) in [5.41, 5.74) is 11.6. The summed E-state index contributed by atoms with van der Waals surface area (Å²) in [4.78, 5) is 0. The van der Waals surface area contributed by atoms with E-state index in [-0.39, 0.29) is 0 Å². The Kier molecular flexibility index (Phi) is 6.33. The van der Waals surface area contributed by atoms with Gasteiger partial charge in [-0.05, 0) is 71.9 Å². The largest absolute Gasteiger partial charge is 0.313 e. The molecular formula is C23H26N2. The molecule has 2 aromatic carbocycles. The van der Waals surface area contributed by atoms with E-state index in [1.165, 1.54) is 27.5 Å². The first kappa shape index (κ1) is 18.7. The average Bonchev–Trinajstić information content (AvgIpc) is 2.64. The molecule has 1 atom stereocenters. The second-order valence-electron chi connectivity index (χ2n) is 6.45. The number of benzene rings is 2. The molecule has 2 nitrogen and oxygen atoms in total. The summed E-state index contributed by atoms with van der Waals surface area (Å²) in [6.07, 6.45) is 7.04. The van der Waals surface area contributed by atoms with Crippen LogP contribution in [0, 0.1) is 11.3 Å². The van der Waals surface area contributed by atoms with Crippen molar-refractivity contribution in [3.05, 3.63) is 76.9 Å². The van der Waals surface area contributed by atoms with Crippen molar-refractivity contribution in [2.75, 3.05) is 0 Å². The maximum atomic E-state index is 8.80. The number of aryl methyl sites for hydroxylation is 1. The first-order valence-electron chi connectivity index (χ1n) is 8.67. The van der Waals surface area contributed by atoms with Gasteiger partial charge in [0.1, 0.15) is 6.04 Å². The summed E-state index contributed by atoms with van der Waals surface area (Å²) in [5.74, 6) is 0. The van der Waals surface area contributed by atoms with E-state index < -0.39 is 6.04 Å². The average molecular weight is 330 g/mol. The van der Waals surface area contributed by atoms with Gasteiger partial charge in [-0.1, -0.05) is 55.5 Å². The number of allylic oxidation sites excluding steroid dienone is 5. The number of nitrogens with two attached hydrogens (primary N) is 1. The Bertz CT molecular complexity index is 892. The van der Waals surface area contributed by atoms with Gasteiger partial charge in [0.05, 0.1) is 6.07 Å². The van der Waals surface area contributed by atoms with Crippen LogP contribution in [0.1, 0.15) is 38.8 Å². The smallest absolute Gasteiger partial charge is 0.112 e. The Morgan fingerprint density at radius 1 is 1.04 bits per heavy atom. The van der Waals surface area contributed by atoms with Crippen molar-refractivity contribution in [2.45, 2.75) is 40.2 Å². The third kappa shape index (κ3) is 4.92. The van der Waals surface area contributed by atoms with Crippen LogP contribution in [-0.4, -0.2) is 6.04 Å². The Morgan fingerprint density at radius 3 is 2.40 bits per heavy atom. The minimum Gasteiger partial charge on any atom is -0.313 e. The molecule has 2 heteroatoms. The van der Waals surface area contributed by atoms with Crippen LogP contribution >= 0.6 is 0 Å². The standard InChI is InChI=1S/C23H26N2/c1-5-19-8-9-22-14-20(10-11-21(22)13-19)17(3)7-6-16(2)18(4)12-23(25)15-24/h6-14,23H,5,25H2,1-4H3/b16-6+,17-7+,18-12+. The predicted octanol–water partition coefficient (Wildman–Crippen LogP) is 5.55. The van der Waals surface area contributed by atoms with E-state index in [0.29, 0.717) is 0 Å². The number of fused-ring (bicyclic) bond motifs is 1. The van der Waals surface area contributed by atoms with Crippen LogP contribution in [0.3, 0.4) is 0 Å². The minimum atomic E-state index is -0.554. The molecule has 0 spiro atoms. The molecule has 25 heavy (non-hydrogen) atoms. The van der Waals surface area contributed by atoms with Crippen LogP contribution in [0.15, 0.2) is 65.8 Å². The van der Waals surface area contributed by atoms with Gasteiger partial charge < -0.3 is 5.73 Å². The van der Waals surface area contributed by atoms with Crippen LogP contribution in [0.4, 0.5) is 0 Å². The fraction of sp³-hybridized carbons (Fsp3) is 0.261. The SMILES string of the molecule is CCc1ccc2cc(/C(C)=C/C=C(C)/C(C)=C/C(N)C#N)ccc2c1. The third-order valence-corrected chi connectivity index (χ3v) is 4.55. The second-order valence-corrected chi connectivity index (χ2v) is 6.45. The molecule has 0 aliphatic rings. The van der Waals surface area contributed by atoms with Gasteiger partial charge >= 0.3 is 0 Å². The van der Waals surface area contributed by atoms with Crippen LogP contribution < -0.4 is 5.73 Å². The zero-order valence-electron chi connectivity index (χ0n) is 15.5. The predicted molar refractivity (Wildman–Crippen MR) is 108 cm³/mol. The summed E-state index contributed by atoms with van der Waals surface area (Å²) in [6, 6.07) is 14.7. The van der Waals surface area contributed by atoms with Crippen molar-refractivity contribution in [1.29, 1.82) is 5.26 Å².